The van der Waals surface area contributed by atoms with E-state index in [2.05, 4.69) is 10.3 Å². The third-order valence-corrected chi connectivity index (χ3v) is 6.14. The Morgan fingerprint density at radius 2 is 1.53 bits per heavy atom. The number of pyridine rings is 1. The molecule has 3 aromatic carbocycles. The molecule has 0 aliphatic rings. The molecule has 0 saturated heterocycles. The Hall–Kier alpha value is -5.04. The van der Waals surface area contributed by atoms with Crippen molar-refractivity contribution in [3.63, 3.8) is 0 Å². The van der Waals surface area contributed by atoms with Crippen LogP contribution in [0.4, 0.5) is 5.82 Å². The number of carbonyl (C=O) groups excluding carboxylic acids is 1. The quantitative estimate of drug-likeness (QED) is 0.380. The molecule has 3 aromatic heterocycles. The molecule has 0 fully saturated rings. The van der Waals surface area contributed by atoms with Crippen molar-refractivity contribution in [2.75, 3.05) is 5.32 Å². The molecule has 0 atom stereocenters. The number of aryl methyl sites for hydroxylation is 1. The number of nitrogens with zero attached hydrogens (tertiary/aromatic N) is 4. The lowest BCUT2D eigenvalue weighted by atomic mass is 10.1. The molecule has 3 heterocycles. The van der Waals surface area contributed by atoms with Crippen molar-refractivity contribution in [1.82, 2.24) is 18.9 Å². The van der Waals surface area contributed by atoms with Crippen molar-refractivity contribution in [3.8, 4) is 16.9 Å². The van der Waals surface area contributed by atoms with Crippen LogP contribution < -0.4 is 10.9 Å². The number of para-hydroxylation sites is 1. The highest BCUT2D eigenvalue weighted by Gasteiger charge is 2.17. The predicted octanol–water partition coefficient (Wildman–Crippen LogP) is 5.26. The highest BCUT2D eigenvalue weighted by molar-refractivity contribution is 6.06. The summed E-state index contributed by atoms with van der Waals surface area (Å²) in [5.74, 6) is 0.899. The first-order valence-corrected chi connectivity index (χ1v) is 11.5. The van der Waals surface area contributed by atoms with E-state index in [1.807, 2.05) is 77.3 Å². The summed E-state index contributed by atoms with van der Waals surface area (Å²) in [6.07, 6.45) is 1.87. The number of aromatic nitrogens is 4. The maximum atomic E-state index is 13.3. The lowest BCUT2D eigenvalue weighted by Crippen LogP contribution is -2.22. The number of benzene rings is 3. The zero-order valence-corrected chi connectivity index (χ0v) is 19.4. The average molecular weight is 472 g/mol. The summed E-state index contributed by atoms with van der Waals surface area (Å²) in [5.41, 5.74) is 3.96. The molecule has 0 unspecified atom stereocenters. The second-order valence-corrected chi connectivity index (χ2v) is 8.42. The third kappa shape index (κ3) is 3.63. The highest BCUT2D eigenvalue weighted by Crippen LogP contribution is 2.29. The van der Waals surface area contributed by atoms with Crippen LogP contribution in [-0.2, 0) is 0 Å². The molecule has 0 saturated carbocycles. The van der Waals surface area contributed by atoms with Crippen LogP contribution in [0.5, 0.6) is 0 Å². The zero-order chi connectivity index (χ0) is 24.6. The molecule has 36 heavy (non-hydrogen) atoms. The topological polar surface area (TPSA) is 81.3 Å². The lowest BCUT2D eigenvalue weighted by molar-refractivity contribution is 0.102. The van der Waals surface area contributed by atoms with Gasteiger partial charge in [-0.15, -0.1) is 0 Å². The second kappa shape index (κ2) is 8.63. The van der Waals surface area contributed by atoms with E-state index in [9.17, 15) is 9.59 Å². The molecule has 0 spiro atoms. The molecule has 1 amide bonds. The Kier molecular flexibility index (Phi) is 5.15. The number of nitrogens with one attached hydrogen (secondary N) is 1. The standard InChI is InChI=1S/C29H21N5O2/c1-19-30-24-12-6-5-11-23(24)29(36)34(19)22-16-14-21(15-17-22)28(35)32-27-26(20-9-3-2-4-10-20)31-25-13-7-8-18-33(25)27/h2-18H,1H3,(H,32,35). The number of anilines is 1. The molecule has 0 aliphatic carbocycles. The molecular formula is C29H21N5O2. The number of rotatable bonds is 4. The number of amides is 1. The largest absolute Gasteiger partial charge is 0.306 e. The van der Waals surface area contributed by atoms with Crippen LogP contribution in [0.3, 0.4) is 0 Å². The minimum absolute atomic E-state index is 0.145. The zero-order valence-electron chi connectivity index (χ0n) is 19.4. The number of fused-ring (bicyclic) bond motifs is 2. The van der Waals surface area contributed by atoms with E-state index in [-0.39, 0.29) is 11.5 Å². The van der Waals surface area contributed by atoms with E-state index in [4.69, 9.17) is 4.98 Å². The molecule has 6 aromatic rings. The van der Waals surface area contributed by atoms with E-state index >= 15 is 0 Å². The monoisotopic (exact) mass is 471 g/mol. The van der Waals surface area contributed by atoms with Gasteiger partial charge in [-0.1, -0.05) is 48.5 Å². The Morgan fingerprint density at radius 1 is 0.806 bits per heavy atom. The number of imidazole rings is 1. The maximum absolute atomic E-state index is 13.3. The van der Waals surface area contributed by atoms with Crippen LogP contribution in [0.1, 0.15) is 16.2 Å². The van der Waals surface area contributed by atoms with Crippen LogP contribution in [-0.4, -0.2) is 24.8 Å². The smallest absolute Gasteiger partial charge is 0.265 e. The molecule has 0 aliphatic heterocycles. The van der Waals surface area contributed by atoms with Crippen LogP contribution >= 0.6 is 0 Å². The van der Waals surface area contributed by atoms with Crippen LogP contribution in [0, 0.1) is 6.92 Å². The Balaban J connectivity index is 1.36. The van der Waals surface area contributed by atoms with Crippen molar-refractivity contribution >= 4 is 28.3 Å². The summed E-state index contributed by atoms with van der Waals surface area (Å²) in [7, 11) is 0. The van der Waals surface area contributed by atoms with Gasteiger partial charge in [-0.3, -0.25) is 18.6 Å². The minimum Gasteiger partial charge on any atom is -0.306 e. The van der Waals surface area contributed by atoms with Gasteiger partial charge in [-0.2, -0.15) is 0 Å². The van der Waals surface area contributed by atoms with Gasteiger partial charge < -0.3 is 5.32 Å². The highest BCUT2D eigenvalue weighted by atomic mass is 16.1. The molecule has 7 heteroatoms. The van der Waals surface area contributed by atoms with E-state index in [0.717, 1.165) is 11.2 Å². The molecule has 1 N–H and O–H groups in total. The van der Waals surface area contributed by atoms with Crippen molar-refractivity contribution in [2.45, 2.75) is 6.92 Å². The van der Waals surface area contributed by atoms with E-state index < -0.39 is 0 Å². The Labute approximate surface area is 206 Å². The summed E-state index contributed by atoms with van der Waals surface area (Å²) in [6.45, 7) is 1.80. The molecule has 174 valence electrons. The first-order valence-electron chi connectivity index (χ1n) is 11.5. The van der Waals surface area contributed by atoms with E-state index in [1.165, 1.54) is 0 Å². The van der Waals surface area contributed by atoms with Crippen molar-refractivity contribution in [2.24, 2.45) is 0 Å². The summed E-state index contributed by atoms with van der Waals surface area (Å²) < 4.78 is 3.42. The fourth-order valence-corrected chi connectivity index (χ4v) is 4.40. The summed E-state index contributed by atoms with van der Waals surface area (Å²) >= 11 is 0. The first kappa shape index (κ1) is 21.5. The maximum Gasteiger partial charge on any atom is 0.265 e. The van der Waals surface area contributed by atoms with E-state index in [0.29, 0.717) is 39.5 Å². The third-order valence-electron chi connectivity index (χ3n) is 6.14. The number of hydrogen-bond acceptors (Lipinski definition) is 4. The molecule has 7 nitrogen and oxygen atoms in total. The van der Waals surface area contributed by atoms with Gasteiger partial charge in [-0.25, -0.2) is 9.97 Å². The van der Waals surface area contributed by atoms with Gasteiger partial charge in [0.25, 0.3) is 11.5 Å². The summed E-state index contributed by atoms with van der Waals surface area (Å²) in [5, 5.41) is 3.58. The molecule has 0 radical (unpaired) electrons. The van der Waals surface area contributed by atoms with Gasteiger partial charge >= 0.3 is 0 Å². The van der Waals surface area contributed by atoms with Crippen molar-refractivity contribution in [1.29, 1.82) is 0 Å². The summed E-state index contributed by atoms with van der Waals surface area (Å²) in [4.78, 5) is 35.7. The van der Waals surface area contributed by atoms with Gasteiger partial charge in [0.05, 0.1) is 16.6 Å². The number of hydrogen-bond donors (Lipinski definition) is 1. The predicted molar refractivity (Wildman–Crippen MR) is 141 cm³/mol. The minimum atomic E-state index is -0.273. The van der Waals surface area contributed by atoms with Gasteiger partial charge in [0.15, 0.2) is 0 Å². The lowest BCUT2D eigenvalue weighted by Gasteiger charge is -2.12. The normalized spacial score (nSPS) is 11.1. The number of carbonyl (C=O) groups is 1. The van der Waals surface area contributed by atoms with Crippen molar-refractivity contribution in [3.05, 3.63) is 125 Å². The fraction of sp³-hybridized carbons (Fsp3) is 0.0345. The second-order valence-electron chi connectivity index (χ2n) is 8.42. The Morgan fingerprint density at radius 3 is 2.33 bits per heavy atom. The van der Waals surface area contributed by atoms with Crippen LogP contribution in [0.25, 0.3) is 33.5 Å². The average Bonchev–Trinajstić information content (AvgIpc) is 3.28. The van der Waals surface area contributed by atoms with Crippen molar-refractivity contribution < 1.29 is 4.79 Å². The van der Waals surface area contributed by atoms with Gasteiger partial charge in [0.1, 0.15) is 23.0 Å². The molecular weight excluding hydrogens is 450 g/mol. The SMILES string of the molecule is Cc1nc2ccccc2c(=O)n1-c1ccc(C(=O)Nc2c(-c3ccccc3)nc3ccccn23)cc1. The van der Waals surface area contributed by atoms with E-state index in [1.54, 1.807) is 41.8 Å². The Bertz CT molecular complexity index is 1800. The van der Waals surface area contributed by atoms with Gasteiger partial charge in [-0.05, 0) is 55.5 Å². The van der Waals surface area contributed by atoms with Crippen LogP contribution in [0.2, 0.25) is 0 Å². The summed E-state index contributed by atoms with van der Waals surface area (Å²) in [6, 6.07) is 29.6. The van der Waals surface area contributed by atoms with Gasteiger partial charge in [0, 0.05) is 17.3 Å². The molecule has 6 rings (SSSR count). The first-order chi connectivity index (χ1) is 17.6. The fourth-order valence-electron chi connectivity index (χ4n) is 4.40. The van der Waals surface area contributed by atoms with Gasteiger partial charge in [0.2, 0.25) is 0 Å². The van der Waals surface area contributed by atoms with Crippen LogP contribution in [0.15, 0.2) is 108 Å². The molecule has 0 bridgehead atoms.